The molecule has 3 amide bonds. The highest BCUT2D eigenvalue weighted by atomic mass is 19.1. The number of piperidine rings is 1. The van der Waals surface area contributed by atoms with Crippen molar-refractivity contribution in [3.8, 4) is 0 Å². The first kappa shape index (κ1) is 26.6. The first-order valence-corrected chi connectivity index (χ1v) is 12.6. The summed E-state index contributed by atoms with van der Waals surface area (Å²) in [6.07, 6.45) is 2.51. The van der Waals surface area contributed by atoms with Crippen LogP contribution in [-0.4, -0.2) is 69.7 Å². The van der Waals surface area contributed by atoms with Crippen molar-refractivity contribution in [2.45, 2.75) is 58.2 Å². The number of nitrogens with zero attached hydrogens (tertiary/aromatic N) is 1. The van der Waals surface area contributed by atoms with Gasteiger partial charge in [-0.15, -0.1) is 0 Å². The molecule has 0 unspecified atom stereocenters. The van der Waals surface area contributed by atoms with Crippen LogP contribution >= 0.6 is 0 Å². The van der Waals surface area contributed by atoms with Gasteiger partial charge in [-0.05, 0) is 62.9 Å². The van der Waals surface area contributed by atoms with Gasteiger partial charge in [0.2, 0.25) is 5.91 Å². The van der Waals surface area contributed by atoms with Gasteiger partial charge in [-0.2, -0.15) is 0 Å². The van der Waals surface area contributed by atoms with E-state index < -0.39 is 23.9 Å². The smallest absolute Gasteiger partial charge is 0.256 e. The van der Waals surface area contributed by atoms with Gasteiger partial charge < -0.3 is 30.7 Å². The van der Waals surface area contributed by atoms with Gasteiger partial charge in [-0.25, -0.2) is 4.39 Å². The molecule has 1 fully saturated rings. The first-order valence-electron chi connectivity index (χ1n) is 12.6. The van der Waals surface area contributed by atoms with Gasteiger partial charge >= 0.3 is 0 Å². The molecule has 37 heavy (non-hydrogen) atoms. The number of H-pyrrole nitrogens is 1. The molecule has 2 aliphatic rings. The molecular weight excluding hydrogens is 479 g/mol. The maximum absolute atomic E-state index is 13.7. The van der Waals surface area contributed by atoms with Crippen LogP contribution in [0.3, 0.4) is 0 Å². The Balaban J connectivity index is 1.36. The van der Waals surface area contributed by atoms with E-state index in [9.17, 15) is 29.0 Å². The molecule has 9 nitrogen and oxygen atoms in total. The Morgan fingerprint density at radius 3 is 2.62 bits per heavy atom. The van der Waals surface area contributed by atoms with Crippen LogP contribution in [0.15, 0.2) is 18.2 Å². The van der Waals surface area contributed by atoms with E-state index in [1.165, 1.54) is 18.2 Å². The van der Waals surface area contributed by atoms with Crippen LogP contribution in [0.5, 0.6) is 0 Å². The van der Waals surface area contributed by atoms with Gasteiger partial charge in [0.15, 0.2) is 0 Å². The molecule has 1 saturated heterocycles. The molecule has 0 saturated carbocycles. The second-order valence-electron chi connectivity index (χ2n) is 9.76. The molecule has 1 aromatic heterocycles. The van der Waals surface area contributed by atoms with Crippen LogP contribution in [-0.2, 0) is 9.59 Å². The van der Waals surface area contributed by atoms with Crippen molar-refractivity contribution in [3.05, 3.63) is 52.1 Å². The largest absolute Gasteiger partial charge is 0.392 e. The third-order valence-electron chi connectivity index (χ3n) is 6.92. The fourth-order valence-corrected chi connectivity index (χ4v) is 4.96. The van der Waals surface area contributed by atoms with Crippen molar-refractivity contribution in [1.82, 2.24) is 15.2 Å². The van der Waals surface area contributed by atoms with Crippen LogP contribution in [0.25, 0.3) is 11.6 Å². The van der Waals surface area contributed by atoms with E-state index >= 15 is 0 Å². The fourth-order valence-electron chi connectivity index (χ4n) is 4.96. The highest BCUT2D eigenvalue weighted by Gasteiger charge is 2.27. The van der Waals surface area contributed by atoms with Crippen molar-refractivity contribution in [2.24, 2.45) is 0 Å². The Bertz CT molecular complexity index is 1230. The lowest BCUT2D eigenvalue weighted by Gasteiger charge is -2.27. The molecule has 0 spiro atoms. The van der Waals surface area contributed by atoms with Crippen molar-refractivity contribution >= 4 is 35.1 Å². The minimum absolute atomic E-state index is 0.0343. The predicted octanol–water partition coefficient (Wildman–Crippen LogP) is 2.51. The average molecular weight is 513 g/mol. The normalized spacial score (nSPS) is 17.9. The molecule has 3 heterocycles. The maximum atomic E-state index is 13.7. The number of carbonyl (C=O) groups is 3. The summed E-state index contributed by atoms with van der Waals surface area (Å²) in [4.78, 5) is 42.5. The van der Waals surface area contributed by atoms with Crippen molar-refractivity contribution in [1.29, 1.82) is 0 Å². The number of hydrogen-bond acceptors (Lipinski definition) is 5. The highest BCUT2D eigenvalue weighted by molar-refractivity contribution is 6.34. The zero-order chi connectivity index (χ0) is 26.7. The summed E-state index contributed by atoms with van der Waals surface area (Å²) in [7, 11) is 0. The van der Waals surface area contributed by atoms with E-state index in [0.29, 0.717) is 46.9 Å². The number of nitrogens with one attached hydrogen (secondary N) is 3. The molecule has 2 atom stereocenters. The summed E-state index contributed by atoms with van der Waals surface area (Å²) in [6.45, 7) is 4.76. The van der Waals surface area contributed by atoms with Gasteiger partial charge in [0.1, 0.15) is 5.82 Å². The van der Waals surface area contributed by atoms with E-state index in [1.807, 2.05) is 0 Å². The monoisotopic (exact) mass is 512 g/mol. The molecule has 0 bridgehead atoms. The summed E-state index contributed by atoms with van der Waals surface area (Å²) < 4.78 is 13.7. The second kappa shape index (κ2) is 11.3. The molecule has 4 rings (SSSR count). The number of aliphatic hydroxyl groups is 2. The predicted molar refractivity (Wildman–Crippen MR) is 137 cm³/mol. The number of benzene rings is 1. The first-order chi connectivity index (χ1) is 17.6. The van der Waals surface area contributed by atoms with E-state index in [-0.39, 0.29) is 36.8 Å². The van der Waals surface area contributed by atoms with Crippen molar-refractivity contribution < 1.29 is 29.0 Å². The number of carbonyl (C=O) groups excluding carboxylic acids is 3. The van der Waals surface area contributed by atoms with Crippen LogP contribution in [0.4, 0.5) is 10.1 Å². The number of aryl methyl sites for hydroxylation is 1. The maximum Gasteiger partial charge on any atom is 0.256 e. The van der Waals surface area contributed by atoms with Crippen LogP contribution in [0, 0.1) is 19.7 Å². The highest BCUT2D eigenvalue weighted by Crippen LogP contribution is 2.34. The van der Waals surface area contributed by atoms with Crippen molar-refractivity contribution in [2.75, 3.05) is 25.0 Å². The topological polar surface area (TPSA) is 135 Å². The third kappa shape index (κ3) is 6.08. The number of aromatic amines is 1. The molecular formula is C27H33FN4O5. The van der Waals surface area contributed by atoms with Gasteiger partial charge in [0, 0.05) is 48.7 Å². The number of likely N-dealkylation sites (tertiary alicyclic amines) is 1. The van der Waals surface area contributed by atoms with E-state index in [1.54, 1.807) is 24.8 Å². The van der Waals surface area contributed by atoms with Crippen LogP contribution in [0.2, 0.25) is 0 Å². The number of hydrogen-bond donors (Lipinski definition) is 5. The fraction of sp³-hybridized carbons (Fsp3) is 0.444. The standard InChI is InChI=1S/C27H33FN4O5/c1-15-23(13-21-20-10-17(28)6-7-22(20)31-26(21)36)30-16(2)25(15)27(37)29-14-19(34)11-18(33)12-24(35)32-8-4-3-5-9-32/h6-7,10,13,18-19,30,33-34H,3-5,8-9,11-12,14H2,1-2H3,(H,29,37)(H,31,36)/b21-13-/t18-,19+/m1/s1. The molecule has 2 aromatic rings. The molecule has 0 radical (unpaired) electrons. The molecule has 198 valence electrons. The number of aliphatic hydroxyl groups excluding tert-OH is 2. The number of rotatable bonds is 8. The molecule has 10 heteroatoms. The number of fused-ring (bicyclic) bond motifs is 1. The summed E-state index contributed by atoms with van der Waals surface area (Å²) in [6, 6.07) is 4.06. The molecule has 1 aromatic carbocycles. The number of amides is 3. The van der Waals surface area contributed by atoms with Gasteiger partial charge in [-0.3, -0.25) is 14.4 Å². The molecule has 2 aliphatic heterocycles. The number of anilines is 1. The van der Waals surface area contributed by atoms with Gasteiger partial charge in [0.25, 0.3) is 11.8 Å². The Morgan fingerprint density at radius 2 is 1.89 bits per heavy atom. The number of aromatic nitrogens is 1. The second-order valence-corrected chi connectivity index (χ2v) is 9.76. The lowest BCUT2D eigenvalue weighted by molar-refractivity contribution is -0.134. The minimum atomic E-state index is -1.03. The van der Waals surface area contributed by atoms with Gasteiger partial charge in [-0.1, -0.05) is 0 Å². The van der Waals surface area contributed by atoms with E-state index in [0.717, 1.165) is 19.3 Å². The quantitative estimate of drug-likeness (QED) is 0.347. The zero-order valence-corrected chi connectivity index (χ0v) is 21.1. The Hall–Kier alpha value is -3.50. The minimum Gasteiger partial charge on any atom is -0.392 e. The number of halogens is 1. The van der Waals surface area contributed by atoms with Crippen LogP contribution in [0.1, 0.15) is 65.0 Å². The summed E-state index contributed by atoms with van der Waals surface area (Å²) in [5.74, 6) is -1.36. The summed E-state index contributed by atoms with van der Waals surface area (Å²) in [5, 5.41) is 25.9. The molecule has 0 aliphatic carbocycles. The summed E-state index contributed by atoms with van der Waals surface area (Å²) in [5.41, 5.74) is 3.33. The van der Waals surface area contributed by atoms with E-state index in [2.05, 4.69) is 15.6 Å². The third-order valence-corrected chi connectivity index (χ3v) is 6.92. The Labute approximate surface area is 214 Å². The SMILES string of the molecule is Cc1[nH]c(/C=C2\C(=O)Nc3ccc(F)cc32)c(C)c1C(=O)NC[C@@H](O)C[C@@H](O)CC(=O)N1CCCCC1. The lowest BCUT2D eigenvalue weighted by atomic mass is 10.0. The Kier molecular flexibility index (Phi) is 8.09. The summed E-state index contributed by atoms with van der Waals surface area (Å²) >= 11 is 0. The lowest BCUT2D eigenvalue weighted by Crippen LogP contribution is -2.39. The van der Waals surface area contributed by atoms with Crippen molar-refractivity contribution in [3.63, 3.8) is 0 Å². The average Bonchev–Trinajstić information content (AvgIpc) is 3.32. The van der Waals surface area contributed by atoms with Gasteiger partial charge in [0.05, 0.1) is 29.8 Å². The zero-order valence-electron chi connectivity index (χ0n) is 21.1. The Morgan fingerprint density at radius 1 is 1.16 bits per heavy atom. The molecule has 5 N–H and O–H groups in total. The van der Waals surface area contributed by atoms with Crippen LogP contribution < -0.4 is 10.6 Å². The van der Waals surface area contributed by atoms with E-state index in [4.69, 9.17) is 0 Å².